The number of amides is 1. The lowest BCUT2D eigenvalue weighted by molar-refractivity contribution is -0.122. The van der Waals surface area contributed by atoms with Crippen molar-refractivity contribution in [2.45, 2.75) is 32.2 Å². The van der Waals surface area contributed by atoms with E-state index in [0.717, 1.165) is 18.6 Å². The summed E-state index contributed by atoms with van der Waals surface area (Å²) in [5, 5.41) is 7.16. The van der Waals surface area contributed by atoms with Crippen molar-refractivity contribution in [3.8, 4) is 0 Å². The van der Waals surface area contributed by atoms with Crippen LogP contribution in [0.5, 0.6) is 0 Å². The first-order valence-electron chi connectivity index (χ1n) is 5.57. The van der Waals surface area contributed by atoms with E-state index in [1.54, 1.807) is 11.3 Å². The molecule has 1 aliphatic rings. The van der Waals surface area contributed by atoms with E-state index in [1.807, 2.05) is 12.3 Å². The van der Waals surface area contributed by atoms with E-state index in [1.165, 1.54) is 5.56 Å². The van der Waals surface area contributed by atoms with Gasteiger partial charge in [-0.1, -0.05) is 0 Å². The highest BCUT2D eigenvalue weighted by Gasteiger charge is 2.42. The summed E-state index contributed by atoms with van der Waals surface area (Å²) < 4.78 is 0. The third-order valence-corrected chi connectivity index (χ3v) is 4.62. The van der Waals surface area contributed by atoms with Gasteiger partial charge in [0.15, 0.2) is 0 Å². The lowest BCUT2D eigenvalue weighted by Crippen LogP contribution is -2.29. The zero-order chi connectivity index (χ0) is 11.6. The fraction of sp³-hybridized carbons (Fsp3) is 0.583. The van der Waals surface area contributed by atoms with Gasteiger partial charge in [0.1, 0.15) is 0 Å². The molecule has 1 atom stereocenters. The summed E-state index contributed by atoms with van der Waals surface area (Å²) >= 11 is 5.97. The molecule has 1 fully saturated rings. The van der Waals surface area contributed by atoms with E-state index < -0.39 is 0 Å². The number of thiol groups is 1. The van der Waals surface area contributed by atoms with Crippen LogP contribution in [0.15, 0.2) is 16.8 Å². The Labute approximate surface area is 106 Å². The van der Waals surface area contributed by atoms with Gasteiger partial charge in [0.25, 0.3) is 0 Å². The van der Waals surface area contributed by atoms with Gasteiger partial charge in [-0.2, -0.15) is 24.0 Å². The second-order valence-corrected chi connectivity index (χ2v) is 5.78. The van der Waals surface area contributed by atoms with E-state index in [-0.39, 0.29) is 17.4 Å². The predicted octanol–water partition coefficient (Wildman–Crippen LogP) is 3.03. The maximum absolute atomic E-state index is 11.8. The van der Waals surface area contributed by atoms with Gasteiger partial charge in [-0.05, 0) is 53.3 Å². The Kier molecular flexibility index (Phi) is 3.60. The molecular formula is C12H17NOS2. The van der Waals surface area contributed by atoms with Crippen LogP contribution in [0.3, 0.4) is 0 Å². The number of rotatable bonds is 5. The Hall–Kier alpha value is -0.480. The van der Waals surface area contributed by atoms with Gasteiger partial charge >= 0.3 is 0 Å². The molecule has 0 radical (unpaired) electrons. The fourth-order valence-corrected chi connectivity index (χ4v) is 2.99. The highest BCUT2D eigenvalue weighted by molar-refractivity contribution is 7.80. The molecule has 4 heteroatoms. The van der Waals surface area contributed by atoms with Crippen molar-refractivity contribution in [1.29, 1.82) is 0 Å². The lowest BCUT2D eigenvalue weighted by Gasteiger charge is -2.16. The highest BCUT2D eigenvalue weighted by Crippen LogP contribution is 2.49. The van der Waals surface area contributed by atoms with Crippen LogP contribution in [-0.4, -0.2) is 11.7 Å². The van der Waals surface area contributed by atoms with Crippen molar-refractivity contribution in [1.82, 2.24) is 5.32 Å². The molecule has 1 aromatic rings. The molecule has 88 valence electrons. The van der Waals surface area contributed by atoms with Crippen LogP contribution in [0.25, 0.3) is 0 Å². The first kappa shape index (κ1) is 12.0. The predicted molar refractivity (Wildman–Crippen MR) is 71.0 cm³/mol. The van der Waals surface area contributed by atoms with E-state index in [9.17, 15) is 4.79 Å². The zero-order valence-corrected chi connectivity index (χ0v) is 11.1. The minimum atomic E-state index is 0.120. The van der Waals surface area contributed by atoms with Crippen molar-refractivity contribution >= 4 is 29.9 Å². The van der Waals surface area contributed by atoms with Gasteiger partial charge in [-0.3, -0.25) is 4.79 Å². The van der Waals surface area contributed by atoms with Crippen molar-refractivity contribution in [2.24, 2.45) is 5.41 Å². The first-order valence-corrected chi connectivity index (χ1v) is 7.15. The average Bonchev–Trinajstić information content (AvgIpc) is 2.82. The summed E-state index contributed by atoms with van der Waals surface area (Å²) in [4.78, 5) is 11.8. The molecule has 1 N–H and O–H groups in total. The minimum absolute atomic E-state index is 0.120. The molecule has 0 aliphatic heterocycles. The second-order valence-electron chi connectivity index (χ2n) is 4.68. The third-order valence-electron chi connectivity index (χ3n) is 3.25. The molecule has 0 aromatic carbocycles. The molecule has 0 saturated heterocycles. The monoisotopic (exact) mass is 255 g/mol. The van der Waals surface area contributed by atoms with E-state index in [0.29, 0.717) is 6.42 Å². The largest absolute Gasteiger partial charge is 0.350 e. The molecule has 1 saturated carbocycles. The van der Waals surface area contributed by atoms with Crippen LogP contribution in [0, 0.1) is 5.41 Å². The summed E-state index contributed by atoms with van der Waals surface area (Å²) in [5.41, 5.74) is 1.40. The van der Waals surface area contributed by atoms with Crippen molar-refractivity contribution < 1.29 is 4.79 Å². The van der Waals surface area contributed by atoms with Gasteiger partial charge in [-0.15, -0.1) is 0 Å². The summed E-state index contributed by atoms with van der Waals surface area (Å²) in [6.07, 6.45) is 2.93. The number of nitrogens with one attached hydrogen (secondary N) is 1. The summed E-state index contributed by atoms with van der Waals surface area (Å²) in [6.45, 7) is 2.03. The highest BCUT2D eigenvalue weighted by atomic mass is 32.1. The van der Waals surface area contributed by atoms with E-state index in [2.05, 4.69) is 29.4 Å². The minimum Gasteiger partial charge on any atom is -0.350 e. The Morgan fingerprint density at radius 1 is 1.69 bits per heavy atom. The zero-order valence-electron chi connectivity index (χ0n) is 9.40. The Morgan fingerprint density at radius 3 is 2.94 bits per heavy atom. The topological polar surface area (TPSA) is 29.1 Å². The Bertz CT molecular complexity index is 357. The number of carbonyl (C=O) groups excluding carboxylic acids is 1. The number of carbonyl (C=O) groups is 1. The van der Waals surface area contributed by atoms with E-state index in [4.69, 9.17) is 0 Å². The standard InChI is InChI=1S/C12H17NOS2/c1-9(10-2-5-16-7-10)13-11(14)6-12(8-15)3-4-12/h2,5,7,9,15H,3-4,6,8H2,1H3,(H,13,14). The molecule has 2 nitrogen and oxygen atoms in total. The summed E-state index contributed by atoms with van der Waals surface area (Å²) in [6, 6.07) is 2.18. The summed E-state index contributed by atoms with van der Waals surface area (Å²) in [7, 11) is 0. The number of hydrogen-bond donors (Lipinski definition) is 2. The summed E-state index contributed by atoms with van der Waals surface area (Å²) in [5.74, 6) is 0.984. The quantitative estimate of drug-likeness (QED) is 0.778. The molecule has 1 aliphatic carbocycles. The Morgan fingerprint density at radius 2 is 2.44 bits per heavy atom. The lowest BCUT2D eigenvalue weighted by atomic mass is 10.0. The molecule has 0 spiro atoms. The fourth-order valence-electron chi connectivity index (χ4n) is 1.81. The molecule has 1 aromatic heterocycles. The van der Waals surface area contributed by atoms with Gasteiger partial charge in [0, 0.05) is 6.42 Å². The van der Waals surface area contributed by atoms with E-state index >= 15 is 0 Å². The normalized spacial score (nSPS) is 19.1. The van der Waals surface area contributed by atoms with Gasteiger partial charge in [0.2, 0.25) is 5.91 Å². The van der Waals surface area contributed by atoms with Gasteiger partial charge < -0.3 is 5.32 Å². The second kappa shape index (κ2) is 4.80. The molecule has 0 bridgehead atoms. The van der Waals surface area contributed by atoms with Crippen LogP contribution in [0.2, 0.25) is 0 Å². The van der Waals surface area contributed by atoms with Crippen LogP contribution in [-0.2, 0) is 4.79 Å². The third kappa shape index (κ3) is 2.80. The molecule has 16 heavy (non-hydrogen) atoms. The smallest absolute Gasteiger partial charge is 0.221 e. The maximum Gasteiger partial charge on any atom is 0.221 e. The molecule has 1 unspecified atom stereocenters. The van der Waals surface area contributed by atoms with Crippen molar-refractivity contribution in [3.05, 3.63) is 22.4 Å². The van der Waals surface area contributed by atoms with Crippen LogP contribution in [0.4, 0.5) is 0 Å². The molecular weight excluding hydrogens is 238 g/mol. The van der Waals surface area contributed by atoms with Crippen LogP contribution >= 0.6 is 24.0 Å². The van der Waals surface area contributed by atoms with Crippen LogP contribution < -0.4 is 5.32 Å². The first-order chi connectivity index (χ1) is 7.65. The Balaban J connectivity index is 1.83. The maximum atomic E-state index is 11.8. The van der Waals surface area contributed by atoms with Crippen molar-refractivity contribution in [2.75, 3.05) is 5.75 Å². The van der Waals surface area contributed by atoms with Crippen LogP contribution in [0.1, 0.15) is 37.8 Å². The average molecular weight is 255 g/mol. The van der Waals surface area contributed by atoms with Gasteiger partial charge in [-0.25, -0.2) is 0 Å². The number of thiophene rings is 1. The molecule has 2 rings (SSSR count). The van der Waals surface area contributed by atoms with Crippen molar-refractivity contribution in [3.63, 3.8) is 0 Å². The number of hydrogen-bond acceptors (Lipinski definition) is 3. The molecule has 1 amide bonds. The molecule has 1 heterocycles. The van der Waals surface area contributed by atoms with Gasteiger partial charge in [0.05, 0.1) is 6.04 Å². The SMILES string of the molecule is CC(NC(=O)CC1(CS)CC1)c1ccsc1.